The van der Waals surface area contributed by atoms with E-state index in [-0.39, 0.29) is 0 Å². The summed E-state index contributed by atoms with van der Waals surface area (Å²) in [7, 11) is 1.91. The molecule has 0 bridgehead atoms. The Bertz CT molecular complexity index is 302. The molecule has 0 fully saturated rings. The molecule has 3 heteroatoms. The third-order valence-electron chi connectivity index (χ3n) is 2.95. The minimum Gasteiger partial charge on any atom is -0.384 e. The summed E-state index contributed by atoms with van der Waals surface area (Å²) in [6.45, 7) is 4.30. The van der Waals surface area contributed by atoms with E-state index >= 15 is 0 Å². The Balaban J connectivity index is 2.34. The van der Waals surface area contributed by atoms with E-state index in [2.05, 4.69) is 18.9 Å². The molecule has 1 heterocycles. The number of aromatic nitrogens is 2. The van der Waals surface area contributed by atoms with Crippen molar-refractivity contribution in [1.29, 1.82) is 0 Å². The second-order valence-electron chi connectivity index (χ2n) is 4.24. The van der Waals surface area contributed by atoms with Crippen molar-refractivity contribution >= 4 is 5.82 Å². The summed E-state index contributed by atoms with van der Waals surface area (Å²) in [5, 5.41) is 4.42. The highest BCUT2D eigenvalue weighted by molar-refractivity contribution is 5.41. The molecule has 0 aromatic carbocycles. The number of anilines is 1. The van der Waals surface area contributed by atoms with Crippen LogP contribution in [0.15, 0.2) is 0 Å². The Hall–Kier alpha value is -0.990. The van der Waals surface area contributed by atoms with Crippen LogP contribution < -0.4 is 5.73 Å². The van der Waals surface area contributed by atoms with Gasteiger partial charge in [-0.15, -0.1) is 0 Å². The van der Waals surface area contributed by atoms with E-state index in [1.165, 1.54) is 37.8 Å². The lowest BCUT2D eigenvalue weighted by molar-refractivity contribution is 0.622. The number of nitrogens with zero attached hydrogens (tertiary/aromatic N) is 2. The van der Waals surface area contributed by atoms with Crippen LogP contribution in [0, 0.1) is 6.92 Å². The van der Waals surface area contributed by atoms with Gasteiger partial charge in [0.25, 0.3) is 0 Å². The molecular formula is C12H23N3. The van der Waals surface area contributed by atoms with Crippen molar-refractivity contribution in [3.05, 3.63) is 11.3 Å². The fraction of sp³-hybridized carbons (Fsp3) is 0.750. The van der Waals surface area contributed by atoms with Gasteiger partial charge in [0.1, 0.15) is 5.82 Å². The van der Waals surface area contributed by atoms with Crippen molar-refractivity contribution in [1.82, 2.24) is 9.78 Å². The average Bonchev–Trinajstić information content (AvgIpc) is 2.46. The Morgan fingerprint density at radius 1 is 1.20 bits per heavy atom. The summed E-state index contributed by atoms with van der Waals surface area (Å²) in [6, 6.07) is 0. The number of nitrogens with two attached hydrogens (primary N) is 1. The fourth-order valence-electron chi connectivity index (χ4n) is 1.83. The molecule has 2 N–H and O–H groups in total. The predicted octanol–water partition coefficient (Wildman–Crippen LogP) is 2.82. The number of nitrogen functional groups attached to an aromatic ring is 1. The van der Waals surface area contributed by atoms with E-state index in [4.69, 9.17) is 5.73 Å². The number of hydrogen-bond acceptors (Lipinski definition) is 2. The largest absolute Gasteiger partial charge is 0.384 e. The van der Waals surface area contributed by atoms with Crippen molar-refractivity contribution < 1.29 is 0 Å². The zero-order chi connectivity index (χ0) is 11.3. The fourth-order valence-corrected chi connectivity index (χ4v) is 1.83. The molecule has 1 aromatic heterocycles. The molecule has 0 saturated carbocycles. The first-order chi connectivity index (χ1) is 7.16. The first-order valence-corrected chi connectivity index (χ1v) is 5.94. The van der Waals surface area contributed by atoms with Crippen molar-refractivity contribution in [2.24, 2.45) is 7.05 Å². The Kier molecular flexibility index (Phi) is 4.66. The van der Waals surface area contributed by atoms with Gasteiger partial charge < -0.3 is 5.73 Å². The second kappa shape index (κ2) is 5.79. The lowest BCUT2D eigenvalue weighted by Gasteiger charge is -1.99. The third-order valence-corrected chi connectivity index (χ3v) is 2.95. The Morgan fingerprint density at radius 2 is 1.87 bits per heavy atom. The van der Waals surface area contributed by atoms with E-state index in [1.807, 2.05) is 7.05 Å². The Morgan fingerprint density at radius 3 is 2.40 bits per heavy atom. The van der Waals surface area contributed by atoms with E-state index in [1.54, 1.807) is 4.68 Å². The van der Waals surface area contributed by atoms with Crippen LogP contribution in [0.3, 0.4) is 0 Å². The van der Waals surface area contributed by atoms with Crippen LogP contribution in [0.4, 0.5) is 5.82 Å². The smallest absolute Gasteiger partial charge is 0.124 e. The van der Waals surface area contributed by atoms with Crippen molar-refractivity contribution in [3.63, 3.8) is 0 Å². The normalized spacial score (nSPS) is 10.9. The molecule has 3 nitrogen and oxygen atoms in total. The van der Waals surface area contributed by atoms with Gasteiger partial charge in [0, 0.05) is 12.6 Å². The average molecular weight is 209 g/mol. The van der Waals surface area contributed by atoms with Crippen LogP contribution in [-0.2, 0) is 13.5 Å². The quantitative estimate of drug-likeness (QED) is 0.732. The number of rotatable bonds is 6. The van der Waals surface area contributed by atoms with Gasteiger partial charge >= 0.3 is 0 Å². The lowest BCUT2D eigenvalue weighted by Crippen LogP contribution is -1.97. The van der Waals surface area contributed by atoms with Crippen LogP contribution in [0.1, 0.15) is 50.3 Å². The molecule has 0 unspecified atom stereocenters. The summed E-state index contributed by atoms with van der Waals surface area (Å²) >= 11 is 0. The van der Waals surface area contributed by atoms with E-state index in [0.717, 1.165) is 17.8 Å². The van der Waals surface area contributed by atoms with Crippen molar-refractivity contribution in [3.8, 4) is 0 Å². The van der Waals surface area contributed by atoms with Crippen LogP contribution in [0.2, 0.25) is 0 Å². The molecule has 0 atom stereocenters. The maximum atomic E-state index is 5.86. The molecule has 0 amide bonds. The molecule has 1 aromatic rings. The minimum absolute atomic E-state index is 0.804. The van der Waals surface area contributed by atoms with Crippen molar-refractivity contribution in [2.75, 3.05) is 5.73 Å². The first-order valence-electron chi connectivity index (χ1n) is 5.94. The molecule has 86 valence electrons. The van der Waals surface area contributed by atoms with Crippen molar-refractivity contribution in [2.45, 2.75) is 52.4 Å². The van der Waals surface area contributed by atoms with Gasteiger partial charge in [0.05, 0.1) is 5.69 Å². The van der Waals surface area contributed by atoms with Crippen LogP contribution in [0.5, 0.6) is 0 Å². The second-order valence-corrected chi connectivity index (χ2v) is 4.24. The lowest BCUT2D eigenvalue weighted by atomic mass is 10.1. The number of unbranched alkanes of at least 4 members (excludes halogenated alkanes) is 4. The van der Waals surface area contributed by atoms with Gasteiger partial charge in [-0.3, -0.25) is 4.68 Å². The maximum absolute atomic E-state index is 5.86. The highest BCUT2D eigenvalue weighted by atomic mass is 15.3. The molecule has 0 aliphatic carbocycles. The van der Waals surface area contributed by atoms with Gasteiger partial charge in [-0.05, 0) is 19.8 Å². The first kappa shape index (κ1) is 12.1. The molecule has 0 aliphatic heterocycles. The summed E-state index contributed by atoms with van der Waals surface area (Å²) in [5.41, 5.74) is 8.19. The van der Waals surface area contributed by atoms with E-state index in [9.17, 15) is 0 Å². The highest BCUT2D eigenvalue weighted by Gasteiger charge is 2.08. The molecule has 1 rings (SSSR count). The minimum atomic E-state index is 0.804. The molecular weight excluding hydrogens is 186 g/mol. The maximum Gasteiger partial charge on any atom is 0.124 e. The summed E-state index contributed by atoms with van der Waals surface area (Å²) in [6.07, 6.45) is 7.61. The Labute approximate surface area is 92.7 Å². The van der Waals surface area contributed by atoms with Gasteiger partial charge in [-0.25, -0.2) is 0 Å². The standard InChI is InChI=1S/C12H23N3/c1-4-5-6-7-8-9-11-10(2)12(13)15(3)14-11/h4-9,13H2,1-3H3. The predicted molar refractivity (Wildman–Crippen MR) is 64.8 cm³/mol. The number of aryl methyl sites for hydroxylation is 2. The summed E-state index contributed by atoms with van der Waals surface area (Å²) in [5.74, 6) is 0.804. The molecule has 0 aliphatic rings. The van der Waals surface area contributed by atoms with Crippen LogP contribution >= 0.6 is 0 Å². The zero-order valence-electron chi connectivity index (χ0n) is 10.2. The van der Waals surface area contributed by atoms with Crippen LogP contribution in [0.25, 0.3) is 0 Å². The van der Waals surface area contributed by atoms with E-state index < -0.39 is 0 Å². The van der Waals surface area contributed by atoms with Crippen LogP contribution in [-0.4, -0.2) is 9.78 Å². The zero-order valence-corrected chi connectivity index (χ0v) is 10.2. The van der Waals surface area contributed by atoms with Gasteiger partial charge in [0.15, 0.2) is 0 Å². The molecule has 0 saturated heterocycles. The summed E-state index contributed by atoms with van der Waals surface area (Å²) < 4.78 is 1.77. The SMILES string of the molecule is CCCCCCCc1nn(C)c(N)c1C. The monoisotopic (exact) mass is 209 g/mol. The third kappa shape index (κ3) is 3.26. The topological polar surface area (TPSA) is 43.8 Å². The van der Waals surface area contributed by atoms with Gasteiger partial charge in [-0.2, -0.15) is 5.10 Å². The number of hydrogen-bond donors (Lipinski definition) is 1. The summed E-state index contributed by atoms with van der Waals surface area (Å²) in [4.78, 5) is 0. The highest BCUT2D eigenvalue weighted by Crippen LogP contribution is 2.16. The van der Waals surface area contributed by atoms with E-state index in [0.29, 0.717) is 0 Å². The molecule has 0 spiro atoms. The molecule has 0 radical (unpaired) electrons. The van der Waals surface area contributed by atoms with Gasteiger partial charge in [0.2, 0.25) is 0 Å². The van der Waals surface area contributed by atoms with Gasteiger partial charge in [-0.1, -0.05) is 32.6 Å². The molecule has 15 heavy (non-hydrogen) atoms.